The molecule has 0 saturated carbocycles. The molecule has 2 rings (SSSR count). The van der Waals surface area contributed by atoms with Crippen molar-refractivity contribution < 1.29 is 13.9 Å². The summed E-state index contributed by atoms with van der Waals surface area (Å²) in [6.45, 7) is 2.09. The van der Waals surface area contributed by atoms with Crippen LogP contribution in [0.3, 0.4) is 0 Å². The Balaban J connectivity index is 1.81. The van der Waals surface area contributed by atoms with Crippen LogP contribution in [0, 0.1) is 5.82 Å². The number of nitrogens with zero attached hydrogens (tertiary/aromatic N) is 1. The minimum atomic E-state index is -0.719. The minimum absolute atomic E-state index is 0.136. The quantitative estimate of drug-likeness (QED) is 0.886. The first-order chi connectivity index (χ1) is 10.1. The number of thiazole rings is 1. The number of nitrogens with one attached hydrogen (secondary N) is 1. The number of carbonyl (C=O) groups excluding carboxylic acids is 1. The van der Waals surface area contributed by atoms with Gasteiger partial charge in [0.15, 0.2) is 6.10 Å². The second kappa shape index (κ2) is 7.38. The van der Waals surface area contributed by atoms with E-state index in [-0.39, 0.29) is 16.7 Å². The van der Waals surface area contributed by atoms with Crippen molar-refractivity contribution in [2.45, 2.75) is 19.4 Å². The van der Waals surface area contributed by atoms with Crippen LogP contribution in [0.4, 0.5) is 4.39 Å². The number of amides is 1. The van der Waals surface area contributed by atoms with Crippen LogP contribution in [0.15, 0.2) is 29.1 Å². The van der Waals surface area contributed by atoms with Crippen molar-refractivity contribution in [3.63, 3.8) is 0 Å². The van der Waals surface area contributed by atoms with Gasteiger partial charge in [0.2, 0.25) is 0 Å². The Kier molecular flexibility index (Phi) is 5.52. The maximum absolute atomic E-state index is 12.9. The molecular formula is C14H14ClFN2O2S. The lowest BCUT2D eigenvalue weighted by Crippen LogP contribution is -2.37. The van der Waals surface area contributed by atoms with Gasteiger partial charge in [0.25, 0.3) is 5.91 Å². The Morgan fingerprint density at radius 2 is 2.38 bits per heavy atom. The lowest BCUT2D eigenvalue weighted by atomic mass is 10.3. The molecule has 0 unspecified atom stereocenters. The van der Waals surface area contributed by atoms with Crippen LogP contribution in [0.25, 0.3) is 0 Å². The van der Waals surface area contributed by atoms with Gasteiger partial charge in [-0.05, 0) is 25.1 Å². The third kappa shape index (κ3) is 4.68. The van der Waals surface area contributed by atoms with Gasteiger partial charge in [-0.3, -0.25) is 4.79 Å². The van der Waals surface area contributed by atoms with E-state index in [4.69, 9.17) is 16.3 Å². The van der Waals surface area contributed by atoms with Crippen molar-refractivity contribution in [3.05, 3.63) is 45.6 Å². The van der Waals surface area contributed by atoms with Crippen molar-refractivity contribution in [2.24, 2.45) is 0 Å². The van der Waals surface area contributed by atoms with E-state index in [2.05, 4.69) is 10.3 Å². The van der Waals surface area contributed by atoms with E-state index in [1.54, 1.807) is 12.4 Å². The highest BCUT2D eigenvalue weighted by molar-refractivity contribution is 7.07. The summed E-state index contributed by atoms with van der Waals surface area (Å²) < 4.78 is 18.3. The fourth-order valence-corrected chi connectivity index (χ4v) is 2.44. The molecule has 0 saturated heterocycles. The van der Waals surface area contributed by atoms with Crippen LogP contribution >= 0.6 is 22.9 Å². The lowest BCUT2D eigenvalue weighted by Gasteiger charge is -2.15. The van der Waals surface area contributed by atoms with E-state index in [0.717, 1.165) is 11.8 Å². The zero-order valence-corrected chi connectivity index (χ0v) is 12.9. The molecule has 0 aliphatic rings. The van der Waals surface area contributed by atoms with E-state index in [1.165, 1.54) is 23.5 Å². The van der Waals surface area contributed by atoms with Crippen LogP contribution in [0.1, 0.15) is 12.6 Å². The number of hydrogen-bond donors (Lipinski definition) is 1. The van der Waals surface area contributed by atoms with Gasteiger partial charge in [0.1, 0.15) is 11.6 Å². The molecule has 21 heavy (non-hydrogen) atoms. The number of halogens is 2. The summed E-state index contributed by atoms with van der Waals surface area (Å²) in [7, 11) is 0. The summed E-state index contributed by atoms with van der Waals surface area (Å²) in [5, 5.41) is 4.83. The summed E-state index contributed by atoms with van der Waals surface area (Å²) in [5.41, 5.74) is 2.69. The van der Waals surface area contributed by atoms with Crippen LogP contribution in [0.2, 0.25) is 5.02 Å². The molecule has 2 aromatic rings. The van der Waals surface area contributed by atoms with Gasteiger partial charge in [-0.15, -0.1) is 11.3 Å². The van der Waals surface area contributed by atoms with Crippen molar-refractivity contribution in [3.8, 4) is 5.75 Å². The van der Waals surface area contributed by atoms with Gasteiger partial charge in [0.05, 0.1) is 16.2 Å². The number of aromatic nitrogens is 1. The zero-order valence-electron chi connectivity index (χ0n) is 11.3. The van der Waals surface area contributed by atoms with Crippen molar-refractivity contribution in [2.75, 3.05) is 6.54 Å². The monoisotopic (exact) mass is 328 g/mol. The summed E-state index contributed by atoms with van der Waals surface area (Å²) in [6, 6.07) is 3.77. The fourth-order valence-electron chi connectivity index (χ4n) is 1.63. The first-order valence-corrected chi connectivity index (χ1v) is 7.65. The standard InChI is InChI=1S/C14H14ClFN2O2S/c1-9(20-13-3-2-10(16)6-12(13)15)14(19)17-5-4-11-7-21-8-18-11/h2-3,6-9H,4-5H2,1H3,(H,17,19)/t9-/m1/s1. The highest BCUT2D eigenvalue weighted by Gasteiger charge is 2.16. The molecular weight excluding hydrogens is 315 g/mol. The van der Waals surface area contributed by atoms with E-state index in [9.17, 15) is 9.18 Å². The van der Waals surface area contributed by atoms with Gasteiger partial charge in [0, 0.05) is 18.3 Å². The second-order valence-electron chi connectivity index (χ2n) is 4.36. The average Bonchev–Trinajstić information content (AvgIpc) is 2.95. The van der Waals surface area contributed by atoms with Gasteiger partial charge in [-0.2, -0.15) is 0 Å². The molecule has 0 fully saturated rings. The highest BCUT2D eigenvalue weighted by atomic mass is 35.5. The molecule has 0 aliphatic carbocycles. The molecule has 7 heteroatoms. The SMILES string of the molecule is C[C@@H](Oc1ccc(F)cc1Cl)C(=O)NCCc1cscn1. The Hall–Kier alpha value is -1.66. The van der Waals surface area contributed by atoms with Gasteiger partial charge >= 0.3 is 0 Å². The van der Waals surface area contributed by atoms with E-state index in [1.807, 2.05) is 5.38 Å². The van der Waals surface area contributed by atoms with Gasteiger partial charge < -0.3 is 10.1 Å². The lowest BCUT2D eigenvalue weighted by molar-refractivity contribution is -0.127. The number of rotatable bonds is 6. The maximum Gasteiger partial charge on any atom is 0.260 e. The van der Waals surface area contributed by atoms with Crippen molar-refractivity contribution >= 4 is 28.8 Å². The van der Waals surface area contributed by atoms with E-state index >= 15 is 0 Å². The van der Waals surface area contributed by atoms with Crippen LogP contribution < -0.4 is 10.1 Å². The molecule has 0 bridgehead atoms. The van der Waals surface area contributed by atoms with Crippen molar-refractivity contribution in [1.29, 1.82) is 0 Å². The smallest absolute Gasteiger partial charge is 0.260 e. The van der Waals surface area contributed by atoms with Crippen LogP contribution in [-0.4, -0.2) is 23.5 Å². The fraction of sp³-hybridized carbons (Fsp3) is 0.286. The third-order valence-electron chi connectivity index (χ3n) is 2.73. The minimum Gasteiger partial charge on any atom is -0.479 e. The molecule has 1 aromatic heterocycles. The molecule has 1 amide bonds. The van der Waals surface area contributed by atoms with Gasteiger partial charge in [-0.1, -0.05) is 11.6 Å². The molecule has 1 N–H and O–H groups in total. The summed E-state index contributed by atoms with van der Waals surface area (Å²) in [4.78, 5) is 16.0. The first kappa shape index (κ1) is 15.7. The molecule has 0 radical (unpaired) electrons. The Morgan fingerprint density at radius 3 is 3.05 bits per heavy atom. The third-order valence-corrected chi connectivity index (χ3v) is 3.66. The summed E-state index contributed by atoms with van der Waals surface area (Å²) >= 11 is 7.36. The first-order valence-electron chi connectivity index (χ1n) is 6.32. The number of carbonyl (C=O) groups is 1. The van der Waals surface area contributed by atoms with Crippen LogP contribution in [-0.2, 0) is 11.2 Å². The molecule has 0 spiro atoms. The highest BCUT2D eigenvalue weighted by Crippen LogP contribution is 2.25. The molecule has 1 aromatic carbocycles. The largest absolute Gasteiger partial charge is 0.479 e. The average molecular weight is 329 g/mol. The molecule has 0 aliphatic heterocycles. The summed E-state index contributed by atoms with van der Waals surface area (Å²) in [5.74, 6) is -0.432. The number of ether oxygens (including phenoxy) is 1. The molecule has 1 atom stereocenters. The van der Waals surface area contributed by atoms with E-state index < -0.39 is 11.9 Å². The Labute approximate surface area is 130 Å². The summed E-state index contributed by atoms with van der Waals surface area (Å²) in [6.07, 6.45) is -0.0531. The van der Waals surface area contributed by atoms with Gasteiger partial charge in [-0.25, -0.2) is 9.37 Å². The zero-order chi connectivity index (χ0) is 15.2. The second-order valence-corrected chi connectivity index (χ2v) is 5.48. The molecule has 1 heterocycles. The number of benzene rings is 1. The van der Waals surface area contributed by atoms with Crippen molar-refractivity contribution in [1.82, 2.24) is 10.3 Å². The predicted molar refractivity (Wildman–Crippen MR) is 80.3 cm³/mol. The predicted octanol–water partition coefficient (Wildman–Crippen LogP) is 3.06. The molecule has 112 valence electrons. The normalized spacial score (nSPS) is 12.0. The number of hydrogen-bond acceptors (Lipinski definition) is 4. The maximum atomic E-state index is 12.9. The Bertz CT molecular complexity index is 607. The molecule has 4 nitrogen and oxygen atoms in total. The van der Waals surface area contributed by atoms with E-state index in [0.29, 0.717) is 13.0 Å². The Morgan fingerprint density at radius 1 is 1.57 bits per heavy atom. The topological polar surface area (TPSA) is 51.2 Å². The van der Waals surface area contributed by atoms with Crippen LogP contribution in [0.5, 0.6) is 5.75 Å².